The van der Waals surface area contributed by atoms with Crippen molar-refractivity contribution in [2.24, 2.45) is 11.3 Å². The Morgan fingerprint density at radius 3 is 2.64 bits per heavy atom. The molecule has 0 aromatic carbocycles. The van der Waals surface area contributed by atoms with Crippen LogP contribution < -0.4 is 0 Å². The van der Waals surface area contributed by atoms with Crippen LogP contribution in [-0.2, 0) is 4.79 Å². The smallest absolute Gasteiger partial charge is 0.136 e. The first-order valence-corrected chi connectivity index (χ1v) is 5.62. The molecule has 14 heavy (non-hydrogen) atoms. The minimum Gasteiger partial charge on any atom is -0.299 e. The molecule has 0 radical (unpaired) electrons. The Balaban J connectivity index is 2.51. The van der Waals surface area contributed by atoms with E-state index in [0.29, 0.717) is 5.78 Å². The molecule has 1 nitrogen and oxygen atoms in total. The summed E-state index contributed by atoms with van der Waals surface area (Å²) in [6.45, 7) is 8.62. The molecule has 0 amide bonds. The minimum absolute atomic E-state index is 0.267. The molecule has 0 bridgehead atoms. The van der Waals surface area contributed by atoms with Gasteiger partial charge in [-0.1, -0.05) is 25.5 Å². The Kier molecular flexibility index (Phi) is 3.52. The van der Waals surface area contributed by atoms with E-state index in [1.165, 1.54) is 5.57 Å². The van der Waals surface area contributed by atoms with Gasteiger partial charge in [0.2, 0.25) is 0 Å². The molecule has 0 aromatic heterocycles. The summed E-state index contributed by atoms with van der Waals surface area (Å²) in [5.74, 6) is 0.734. The summed E-state index contributed by atoms with van der Waals surface area (Å²) in [4.78, 5) is 11.5. The number of ketones is 1. The van der Waals surface area contributed by atoms with Crippen molar-refractivity contribution in [3.05, 3.63) is 11.6 Å². The largest absolute Gasteiger partial charge is 0.299 e. The fourth-order valence-corrected chi connectivity index (χ4v) is 2.26. The van der Waals surface area contributed by atoms with Crippen LogP contribution in [0.1, 0.15) is 53.4 Å². The molecule has 1 aliphatic carbocycles. The SMILES string of the molecule is CC(C)=CCCC1(C)CCC(=O)C1C. The van der Waals surface area contributed by atoms with Gasteiger partial charge in [-0.25, -0.2) is 0 Å². The Hall–Kier alpha value is -0.590. The zero-order chi connectivity index (χ0) is 10.8. The van der Waals surface area contributed by atoms with Crippen molar-refractivity contribution < 1.29 is 4.79 Å². The maximum absolute atomic E-state index is 11.5. The van der Waals surface area contributed by atoms with Gasteiger partial charge in [-0.3, -0.25) is 4.79 Å². The van der Waals surface area contributed by atoms with Crippen LogP contribution in [0.25, 0.3) is 0 Å². The van der Waals surface area contributed by atoms with Gasteiger partial charge in [0.05, 0.1) is 0 Å². The predicted octanol–water partition coefficient (Wildman–Crippen LogP) is 3.74. The van der Waals surface area contributed by atoms with Gasteiger partial charge in [-0.15, -0.1) is 0 Å². The molecule has 2 atom stereocenters. The van der Waals surface area contributed by atoms with Crippen molar-refractivity contribution in [3.8, 4) is 0 Å². The van der Waals surface area contributed by atoms with Crippen LogP contribution in [0, 0.1) is 11.3 Å². The standard InChI is InChI=1S/C13H22O/c1-10(2)6-5-8-13(4)9-7-12(14)11(13)3/h6,11H,5,7-9H2,1-4H3. The van der Waals surface area contributed by atoms with E-state index in [1.54, 1.807) is 0 Å². The zero-order valence-electron chi connectivity index (χ0n) is 9.89. The van der Waals surface area contributed by atoms with Gasteiger partial charge >= 0.3 is 0 Å². The maximum Gasteiger partial charge on any atom is 0.136 e. The van der Waals surface area contributed by atoms with Crippen LogP contribution in [-0.4, -0.2) is 5.78 Å². The molecule has 1 aliphatic rings. The maximum atomic E-state index is 11.5. The summed E-state index contributed by atoms with van der Waals surface area (Å²) in [7, 11) is 0. The molecule has 0 saturated heterocycles. The summed E-state index contributed by atoms with van der Waals surface area (Å²) >= 11 is 0. The lowest BCUT2D eigenvalue weighted by Gasteiger charge is -2.27. The molecule has 0 aliphatic heterocycles. The number of Topliss-reactive ketones (excluding diaryl/α,β-unsaturated/α-hetero) is 1. The van der Waals surface area contributed by atoms with E-state index in [1.807, 2.05) is 0 Å². The van der Waals surface area contributed by atoms with E-state index >= 15 is 0 Å². The number of carbonyl (C=O) groups is 1. The van der Waals surface area contributed by atoms with E-state index in [4.69, 9.17) is 0 Å². The van der Waals surface area contributed by atoms with Crippen LogP contribution >= 0.6 is 0 Å². The number of rotatable bonds is 3. The minimum atomic E-state index is 0.267. The van der Waals surface area contributed by atoms with E-state index in [0.717, 1.165) is 25.7 Å². The molecule has 80 valence electrons. The van der Waals surface area contributed by atoms with Gasteiger partial charge in [0.1, 0.15) is 5.78 Å². The second-order valence-corrected chi connectivity index (χ2v) is 5.16. The van der Waals surface area contributed by atoms with Crippen LogP contribution in [0.2, 0.25) is 0 Å². The van der Waals surface area contributed by atoms with Crippen molar-refractivity contribution in [2.75, 3.05) is 0 Å². The van der Waals surface area contributed by atoms with E-state index < -0.39 is 0 Å². The normalized spacial score (nSPS) is 32.0. The number of allylic oxidation sites excluding steroid dienone is 2. The van der Waals surface area contributed by atoms with Gasteiger partial charge in [-0.05, 0) is 38.5 Å². The monoisotopic (exact) mass is 194 g/mol. The summed E-state index contributed by atoms with van der Waals surface area (Å²) < 4.78 is 0. The van der Waals surface area contributed by atoms with Crippen molar-refractivity contribution in [2.45, 2.75) is 53.4 Å². The highest BCUT2D eigenvalue weighted by atomic mass is 16.1. The van der Waals surface area contributed by atoms with Crippen molar-refractivity contribution in [1.82, 2.24) is 0 Å². The van der Waals surface area contributed by atoms with Crippen LogP contribution in [0.15, 0.2) is 11.6 Å². The highest BCUT2D eigenvalue weighted by Crippen LogP contribution is 2.44. The molecule has 0 heterocycles. The van der Waals surface area contributed by atoms with Crippen LogP contribution in [0.4, 0.5) is 0 Å². The second-order valence-electron chi connectivity index (χ2n) is 5.16. The van der Waals surface area contributed by atoms with Gasteiger partial charge < -0.3 is 0 Å². The van der Waals surface area contributed by atoms with Crippen molar-refractivity contribution in [3.63, 3.8) is 0 Å². The molecule has 1 fully saturated rings. The quantitative estimate of drug-likeness (QED) is 0.625. The van der Waals surface area contributed by atoms with E-state index in [9.17, 15) is 4.79 Å². The lowest BCUT2D eigenvalue weighted by molar-refractivity contribution is -0.121. The molecular weight excluding hydrogens is 172 g/mol. The Morgan fingerprint density at radius 2 is 2.21 bits per heavy atom. The topological polar surface area (TPSA) is 17.1 Å². The van der Waals surface area contributed by atoms with Gasteiger partial charge in [0.15, 0.2) is 0 Å². The predicted molar refractivity (Wildman–Crippen MR) is 60.2 cm³/mol. The molecule has 0 spiro atoms. The fraction of sp³-hybridized carbons (Fsp3) is 0.769. The van der Waals surface area contributed by atoms with Gasteiger partial charge in [0.25, 0.3) is 0 Å². The van der Waals surface area contributed by atoms with Crippen LogP contribution in [0.5, 0.6) is 0 Å². The molecule has 0 N–H and O–H groups in total. The summed E-state index contributed by atoms with van der Waals surface area (Å²) in [5, 5.41) is 0. The molecule has 1 heteroatoms. The molecular formula is C13H22O. The number of hydrogen-bond acceptors (Lipinski definition) is 1. The Labute approximate surface area is 87.6 Å². The Bertz CT molecular complexity index is 248. The number of carbonyl (C=O) groups excluding carboxylic acids is 1. The van der Waals surface area contributed by atoms with Crippen molar-refractivity contribution in [1.29, 1.82) is 0 Å². The first kappa shape index (κ1) is 11.5. The molecule has 1 rings (SSSR count). The first-order valence-electron chi connectivity index (χ1n) is 5.62. The molecule has 1 saturated carbocycles. The van der Waals surface area contributed by atoms with E-state index in [2.05, 4.69) is 33.8 Å². The Morgan fingerprint density at radius 1 is 1.57 bits per heavy atom. The lowest BCUT2D eigenvalue weighted by atomic mass is 9.77. The highest BCUT2D eigenvalue weighted by molar-refractivity contribution is 5.83. The molecule has 2 unspecified atom stereocenters. The highest BCUT2D eigenvalue weighted by Gasteiger charge is 2.40. The summed E-state index contributed by atoms with van der Waals surface area (Å²) in [6, 6.07) is 0. The number of hydrogen-bond donors (Lipinski definition) is 0. The summed E-state index contributed by atoms with van der Waals surface area (Å²) in [6.07, 6.45) is 6.44. The van der Waals surface area contributed by atoms with E-state index in [-0.39, 0.29) is 11.3 Å². The van der Waals surface area contributed by atoms with Gasteiger partial charge in [-0.2, -0.15) is 0 Å². The first-order chi connectivity index (χ1) is 6.46. The third kappa shape index (κ3) is 2.46. The zero-order valence-corrected chi connectivity index (χ0v) is 9.89. The third-order valence-electron chi connectivity index (χ3n) is 3.74. The average Bonchev–Trinajstić information content (AvgIpc) is 2.34. The average molecular weight is 194 g/mol. The van der Waals surface area contributed by atoms with Crippen molar-refractivity contribution >= 4 is 5.78 Å². The van der Waals surface area contributed by atoms with Crippen LogP contribution in [0.3, 0.4) is 0 Å². The fourth-order valence-electron chi connectivity index (χ4n) is 2.26. The van der Waals surface area contributed by atoms with Gasteiger partial charge in [0, 0.05) is 12.3 Å². The lowest BCUT2D eigenvalue weighted by Crippen LogP contribution is -2.22. The summed E-state index contributed by atoms with van der Waals surface area (Å²) in [5.41, 5.74) is 1.65. The molecule has 0 aromatic rings. The third-order valence-corrected chi connectivity index (χ3v) is 3.74. The second kappa shape index (κ2) is 4.29.